The minimum absolute atomic E-state index is 0.103. The van der Waals surface area contributed by atoms with Crippen LogP contribution in [0.15, 0.2) is 53.0 Å². The molecule has 0 bridgehead atoms. The number of carbonyl (C=O) groups excluding carboxylic acids is 2. The monoisotopic (exact) mass is 539 g/mol. The Hall–Kier alpha value is -2.59. The molecule has 2 aromatic carbocycles. The maximum Gasteiger partial charge on any atom is 0.244 e. The Kier molecular flexibility index (Phi) is 9.30. The molecule has 2 amide bonds. The first-order valence-corrected chi connectivity index (χ1v) is 13.0. The third kappa shape index (κ3) is 7.75. The van der Waals surface area contributed by atoms with Crippen LogP contribution in [0.5, 0.6) is 5.75 Å². The van der Waals surface area contributed by atoms with Crippen molar-refractivity contribution in [3.63, 3.8) is 0 Å². The lowest BCUT2D eigenvalue weighted by atomic mass is 10.1. The van der Waals surface area contributed by atoms with E-state index in [4.69, 9.17) is 4.74 Å². The number of rotatable bonds is 10. The zero-order chi connectivity index (χ0) is 24.8. The number of ether oxygens (including phenoxy) is 1. The van der Waals surface area contributed by atoms with Gasteiger partial charge in [0.15, 0.2) is 0 Å². The Bertz CT molecular complexity index is 1070. The van der Waals surface area contributed by atoms with E-state index in [2.05, 4.69) is 21.2 Å². The van der Waals surface area contributed by atoms with Gasteiger partial charge in [-0.25, -0.2) is 8.42 Å². The van der Waals surface area contributed by atoms with Crippen molar-refractivity contribution in [2.24, 2.45) is 0 Å². The molecule has 1 atom stereocenters. The van der Waals surface area contributed by atoms with Crippen molar-refractivity contribution in [1.29, 1.82) is 0 Å². The van der Waals surface area contributed by atoms with Crippen LogP contribution in [0, 0.1) is 0 Å². The highest BCUT2D eigenvalue weighted by molar-refractivity contribution is 9.10. The fraction of sp³-hybridized carbons (Fsp3) is 0.391. The molecule has 0 heterocycles. The highest BCUT2D eigenvalue weighted by Crippen LogP contribution is 2.24. The number of hydrogen-bond donors (Lipinski definition) is 1. The number of nitrogens with one attached hydrogen (secondary N) is 1. The van der Waals surface area contributed by atoms with E-state index in [1.165, 1.54) is 12.0 Å². The molecule has 0 aliphatic heterocycles. The van der Waals surface area contributed by atoms with Crippen molar-refractivity contribution < 1.29 is 22.7 Å². The lowest BCUT2D eigenvalue weighted by Gasteiger charge is -2.32. The lowest BCUT2D eigenvalue weighted by molar-refractivity contribution is -0.139. The van der Waals surface area contributed by atoms with Crippen molar-refractivity contribution >= 4 is 43.5 Å². The van der Waals surface area contributed by atoms with Gasteiger partial charge in [0, 0.05) is 23.1 Å². The van der Waals surface area contributed by atoms with Crippen LogP contribution in [0.3, 0.4) is 0 Å². The Morgan fingerprint density at radius 3 is 2.27 bits per heavy atom. The zero-order valence-electron chi connectivity index (χ0n) is 19.4. The Morgan fingerprint density at radius 2 is 1.73 bits per heavy atom. The summed E-state index contributed by atoms with van der Waals surface area (Å²) in [5, 5.41) is 2.81. The van der Waals surface area contributed by atoms with E-state index in [0.717, 1.165) is 20.6 Å². The maximum atomic E-state index is 13.4. The molecule has 0 saturated heterocycles. The Balaban J connectivity index is 2.39. The second kappa shape index (κ2) is 11.5. The molecule has 180 valence electrons. The topological polar surface area (TPSA) is 96.0 Å². The minimum Gasteiger partial charge on any atom is -0.497 e. The van der Waals surface area contributed by atoms with E-state index in [9.17, 15) is 18.0 Å². The molecule has 0 fully saturated rings. The molecule has 0 aliphatic rings. The minimum atomic E-state index is -3.79. The number of sulfonamides is 1. The van der Waals surface area contributed by atoms with Gasteiger partial charge < -0.3 is 15.0 Å². The van der Waals surface area contributed by atoms with Crippen LogP contribution in [-0.2, 0) is 26.2 Å². The number of methoxy groups -OCH3 is 1. The summed E-state index contributed by atoms with van der Waals surface area (Å²) in [4.78, 5) is 27.5. The fourth-order valence-corrected chi connectivity index (χ4v) is 4.26. The van der Waals surface area contributed by atoms with E-state index in [-0.39, 0.29) is 18.5 Å². The van der Waals surface area contributed by atoms with Gasteiger partial charge in [-0.3, -0.25) is 13.9 Å². The number of nitrogens with zero attached hydrogens (tertiary/aromatic N) is 2. The summed E-state index contributed by atoms with van der Waals surface area (Å²) >= 11 is 3.38. The molecule has 0 saturated carbocycles. The molecule has 0 radical (unpaired) electrons. The summed E-state index contributed by atoms with van der Waals surface area (Å²) in [6.45, 7) is 4.99. The number of benzene rings is 2. The number of hydrogen-bond acceptors (Lipinski definition) is 5. The largest absolute Gasteiger partial charge is 0.497 e. The standard InChI is InChI=1S/C23H30BrN3O5S/c1-16(2)25-23(29)17(3)26(14-18-9-11-19(24)12-10-18)22(28)15-27(33(5,30)31)20-7-6-8-21(13-20)32-4/h6-13,16-17H,14-15H2,1-5H3,(H,25,29)/t17-/m0/s1. The van der Waals surface area contributed by atoms with E-state index in [1.807, 2.05) is 38.1 Å². The van der Waals surface area contributed by atoms with Gasteiger partial charge >= 0.3 is 0 Å². The van der Waals surface area contributed by atoms with Gasteiger partial charge in [0.2, 0.25) is 21.8 Å². The van der Waals surface area contributed by atoms with Gasteiger partial charge in [-0.1, -0.05) is 34.1 Å². The van der Waals surface area contributed by atoms with E-state index >= 15 is 0 Å². The SMILES string of the molecule is COc1cccc(N(CC(=O)N(Cc2ccc(Br)cc2)[C@@H](C)C(=O)NC(C)C)S(C)(=O)=O)c1. The zero-order valence-corrected chi connectivity index (χ0v) is 21.8. The van der Waals surface area contributed by atoms with Crippen molar-refractivity contribution in [3.05, 3.63) is 58.6 Å². The van der Waals surface area contributed by atoms with E-state index in [1.54, 1.807) is 31.2 Å². The third-order valence-corrected chi connectivity index (χ3v) is 6.55. The molecule has 0 aromatic heterocycles. The quantitative estimate of drug-likeness (QED) is 0.500. The Morgan fingerprint density at radius 1 is 1.09 bits per heavy atom. The van der Waals surface area contributed by atoms with Crippen molar-refractivity contribution in [2.45, 2.75) is 39.4 Å². The van der Waals surface area contributed by atoms with Gasteiger partial charge in [0.05, 0.1) is 19.1 Å². The van der Waals surface area contributed by atoms with Crippen LogP contribution in [0.1, 0.15) is 26.3 Å². The van der Waals surface area contributed by atoms with Gasteiger partial charge in [-0.2, -0.15) is 0 Å². The number of halogens is 1. The number of carbonyl (C=O) groups is 2. The van der Waals surface area contributed by atoms with Gasteiger partial charge in [0.1, 0.15) is 18.3 Å². The summed E-state index contributed by atoms with van der Waals surface area (Å²) < 4.78 is 32.2. The van der Waals surface area contributed by atoms with Crippen molar-refractivity contribution in [3.8, 4) is 5.75 Å². The molecule has 2 rings (SSSR count). The lowest BCUT2D eigenvalue weighted by Crippen LogP contribution is -2.52. The van der Waals surface area contributed by atoms with Gasteiger partial charge in [-0.15, -0.1) is 0 Å². The normalized spacial score (nSPS) is 12.2. The van der Waals surface area contributed by atoms with Gasteiger partial charge in [0.25, 0.3) is 0 Å². The summed E-state index contributed by atoms with van der Waals surface area (Å²) in [7, 11) is -2.32. The Labute approximate surface area is 204 Å². The molecular formula is C23H30BrN3O5S. The number of anilines is 1. The van der Waals surface area contributed by atoms with E-state index in [0.29, 0.717) is 11.4 Å². The van der Waals surface area contributed by atoms with Crippen LogP contribution in [0.4, 0.5) is 5.69 Å². The fourth-order valence-electron chi connectivity index (χ4n) is 3.15. The predicted molar refractivity (Wildman–Crippen MR) is 133 cm³/mol. The van der Waals surface area contributed by atoms with E-state index < -0.39 is 28.5 Å². The summed E-state index contributed by atoms with van der Waals surface area (Å²) in [6.07, 6.45) is 1.04. The van der Waals surface area contributed by atoms with Gasteiger partial charge in [-0.05, 0) is 50.6 Å². The van der Waals surface area contributed by atoms with Crippen LogP contribution in [0.2, 0.25) is 0 Å². The molecule has 33 heavy (non-hydrogen) atoms. The first kappa shape index (κ1) is 26.7. The van der Waals surface area contributed by atoms with Crippen LogP contribution in [0.25, 0.3) is 0 Å². The molecule has 0 aliphatic carbocycles. The number of amides is 2. The highest BCUT2D eigenvalue weighted by Gasteiger charge is 2.30. The molecule has 10 heteroatoms. The molecule has 1 N–H and O–H groups in total. The maximum absolute atomic E-state index is 13.4. The summed E-state index contributed by atoms with van der Waals surface area (Å²) in [6, 6.07) is 12.9. The molecule has 8 nitrogen and oxygen atoms in total. The predicted octanol–water partition coefficient (Wildman–Crippen LogP) is 3.17. The van der Waals surface area contributed by atoms with Crippen molar-refractivity contribution in [1.82, 2.24) is 10.2 Å². The second-order valence-corrected chi connectivity index (χ2v) is 10.8. The first-order chi connectivity index (χ1) is 15.4. The van der Waals surface area contributed by atoms with Crippen LogP contribution >= 0.6 is 15.9 Å². The third-order valence-electron chi connectivity index (χ3n) is 4.88. The average molecular weight is 540 g/mol. The highest BCUT2D eigenvalue weighted by atomic mass is 79.9. The molecule has 0 spiro atoms. The molecule has 0 unspecified atom stereocenters. The molecular weight excluding hydrogens is 510 g/mol. The van der Waals surface area contributed by atoms with Crippen LogP contribution in [-0.4, -0.2) is 57.1 Å². The molecule has 2 aromatic rings. The second-order valence-electron chi connectivity index (χ2n) is 7.96. The van der Waals surface area contributed by atoms with Crippen LogP contribution < -0.4 is 14.4 Å². The summed E-state index contributed by atoms with van der Waals surface area (Å²) in [5.74, 6) is -0.356. The first-order valence-electron chi connectivity index (χ1n) is 10.4. The smallest absolute Gasteiger partial charge is 0.244 e. The average Bonchev–Trinajstić information content (AvgIpc) is 2.75. The summed E-state index contributed by atoms with van der Waals surface area (Å²) in [5.41, 5.74) is 1.11. The van der Waals surface area contributed by atoms with Crippen molar-refractivity contribution in [2.75, 3.05) is 24.2 Å².